The van der Waals surface area contributed by atoms with E-state index in [4.69, 9.17) is 0 Å². The van der Waals surface area contributed by atoms with Gasteiger partial charge in [-0.15, -0.1) is 0 Å². The number of likely N-dealkylation sites (N-methyl/N-ethyl adjacent to an activating group) is 8. The van der Waals surface area contributed by atoms with E-state index >= 15 is 0 Å². The summed E-state index contributed by atoms with van der Waals surface area (Å²) in [6, 6.07) is 0. The predicted octanol–water partition coefficient (Wildman–Crippen LogP) is -3.47. The van der Waals surface area contributed by atoms with Crippen molar-refractivity contribution in [3.8, 4) is 0 Å². The van der Waals surface area contributed by atoms with Crippen molar-refractivity contribution in [1.29, 1.82) is 0 Å². The van der Waals surface area contributed by atoms with E-state index in [1.165, 1.54) is 0 Å². The lowest BCUT2D eigenvalue weighted by atomic mass is 10.3. The van der Waals surface area contributed by atoms with Crippen molar-refractivity contribution in [2.45, 2.75) is 0 Å². The van der Waals surface area contributed by atoms with Gasteiger partial charge in [0.1, 0.15) is 0 Å². The molecule has 0 amide bonds. The first-order valence-corrected chi connectivity index (χ1v) is 16.8. The molecule has 0 radical (unpaired) electrons. The number of hydrogen-bond acceptors (Lipinski definition) is 13. The zero-order chi connectivity index (χ0) is 32.2. The molecule has 0 saturated carbocycles. The Morgan fingerprint density at radius 3 is 0.884 bits per heavy atom. The van der Waals surface area contributed by atoms with Crippen molar-refractivity contribution in [3.05, 3.63) is 0 Å². The molecule has 0 atom stereocenters. The lowest BCUT2D eigenvalue weighted by Crippen LogP contribution is -2.44. The molecule has 0 aliphatic rings. The summed E-state index contributed by atoms with van der Waals surface area (Å²) in [6.45, 7) is 23.4. The standard InChI is InChI=1S/C26H65N11.C4H12N2/c1-27-9-17-34(5)19-14-33-15-20-35(6)18-13-31-7-8-32-16-24-37(23-12-30-4)26-25-36(21-10-28-2)22-11-29-3;1-5-3-4-6-2/h27-33H,7-26H2,1-6H3;5-6H,3-4H2,1-2H3. The molecule has 13 heteroatoms. The summed E-state index contributed by atoms with van der Waals surface area (Å²) in [4.78, 5) is 9.88. The lowest BCUT2D eigenvalue weighted by Gasteiger charge is -2.28. The van der Waals surface area contributed by atoms with Crippen LogP contribution in [0, 0.1) is 0 Å². The van der Waals surface area contributed by atoms with Gasteiger partial charge in [-0.2, -0.15) is 0 Å². The third kappa shape index (κ3) is 35.8. The Balaban J connectivity index is 0. The maximum absolute atomic E-state index is 3.62. The van der Waals surface area contributed by atoms with Gasteiger partial charge in [0, 0.05) is 144 Å². The fourth-order valence-electron chi connectivity index (χ4n) is 4.14. The van der Waals surface area contributed by atoms with Crippen molar-refractivity contribution >= 4 is 0 Å². The van der Waals surface area contributed by atoms with Gasteiger partial charge in [0.05, 0.1) is 0 Å². The van der Waals surface area contributed by atoms with E-state index in [1.807, 2.05) is 42.3 Å². The van der Waals surface area contributed by atoms with Crippen LogP contribution in [0.15, 0.2) is 0 Å². The Labute approximate surface area is 267 Å². The fraction of sp³-hybridized carbons (Fsp3) is 1.00. The second-order valence-electron chi connectivity index (χ2n) is 11.2. The van der Waals surface area contributed by atoms with E-state index in [0.29, 0.717) is 0 Å². The maximum Gasteiger partial charge on any atom is 0.0110 e. The average molecular weight is 620 g/mol. The van der Waals surface area contributed by atoms with Crippen LogP contribution in [0.3, 0.4) is 0 Å². The molecule has 0 unspecified atom stereocenters. The van der Waals surface area contributed by atoms with Gasteiger partial charge in [0.25, 0.3) is 0 Å². The third-order valence-electron chi connectivity index (χ3n) is 7.23. The first-order chi connectivity index (χ1) is 21.0. The lowest BCUT2D eigenvalue weighted by molar-refractivity contribution is 0.206. The summed E-state index contributed by atoms with van der Waals surface area (Å²) in [7, 11) is 16.4. The van der Waals surface area contributed by atoms with Gasteiger partial charge in [-0.1, -0.05) is 0 Å². The van der Waals surface area contributed by atoms with E-state index in [-0.39, 0.29) is 0 Å². The highest BCUT2D eigenvalue weighted by molar-refractivity contribution is 4.68. The summed E-state index contributed by atoms with van der Waals surface area (Å²) in [6.07, 6.45) is 0. The van der Waals surface area contributed by atoms with Crippen LogP contribution in [0.4, 0.5) is 0 Å². The minimum absolute atomic E-state index is 1.02. The molecule has 43 heavy (non-hydrogen) atoms. The highest BCUT2D eigenvalue weighted by atomic mass is 15.2. The molecule has 0 spiro atoms. The normalized spacial score (nSPS) is 11.7. The van der Waals surface area contributed by atoms with Crippen LogP contribution in [-0.4, -0.2) is 220 Å². The molecule has 9 N–H and O–H groups in total. The van der Waals surface area contributed by atoms with Crippen molar-refractivity contribution in [2.24, 2.45) is 0 Å². The van der Waals surface area contributed by atoms with Crippen molar-refractivity contribution < 1.29 is 0 Å². The molecule has 0 heterocycles. The van der Waals surface area contributed by atoms with Gasteiger partial charge in [-0.25, -0.2) is 0 Å². The molecule has 262 valence electrons. The summed E-state index contributed by atoms with van der Waals surface area (Å²) in [5.74, 6) is 0. The van der Waals surface area contributed by atoms with Crippen molar-refractivity contribution in [2.75, 3.05) is 200 Å². The zero-order valence-electron chi connectivity index (χ0n) is 29.8. The SMILES string of the molecule is CNCCN(C)CCNCCN(C)CCNCCNCCN(CCNC)CCN(CCNC)CCNC.CNCCNC. The summed E-state index contributed by atoms with van der Waals surface area (Å²) >= 11 is 0. The second kappa shape index (κ2) is 37.7. The molecule has 0 aliphatic carbocycles. The van der Waals surface area contributed by atoms with E-state index in [1.54, 1.807) is 0 Å². The number of nitrogens with zero attached hydrogens (tertiary/aromatic N) is 4. The Hall–Kier alpha value is -0.520. The molecule has 0 aromatic rings. The van der Waals surface area contributed by atoms with Gasteiger partial charge in [0.15, 0.2) is 0 Å². The van der Waals surface area contributed by atoms with Crippen LogP contribution >= 0.6 is 0 Å². The van der Waals surface area contributed by atoms with E-state index in [9.17, 15) is 0 Å². The quantitative estimate of drug-likeness (QED) is 0.0339. The Morgan fingerprint density at radius 1 is 0.279 bits per heavy atom. The average Bonchev–Trinajstić information content (AvgIpc) is 3.01. The minimum Gasteiger partial charge on any atom is -0.318 e. The van der Waals surface area contributed by atoms with E-state index in [2.05, 4.69) is 81.5 Å². The third-order valence-corrected chi connectivity index (χ3v) is 7.23. The van der Waals surface area contributed by atoms with Crippen molar-refractivity contribution in [1.82, 2.24) is 67.5 Å². The number of nitrogens with one attached hydrogen (secondary N) is 9. The molecular formula is C30H77N13. The van der Waals surface area contributed by atoms with Crippen molar-refractivity contribution in [3.63, 3.8) is 0 Å². The zero-order valence-corrected chi connectivity index (χ0v) is 29.8. The number of hydrogen-bond donors (Lipinski definition) is 9. The monoisotopic (exact) mass is 620 g/mol. The molecular weight excluding hydrogens is 542 g/mol. The van der Waals surface area contributed by atoms with E-state index in [0.717, 1.165) is 144 Å². The molecule has 0 saturated heterocycles. The highest BCUT2D eigenvalue weighted by Crippen LogP contribution is 1.92. The Bertz CT molecular complexity index is 493. The fourth-order valence-corrected chi connectivity index (χ4v) is 4.14. The highest BCUT2D eigenvalue weighted by Gasteiger charge is 2.09. The Kier molecular flexibility index (Phi) is 39.1. The summed E-state index contributed by atoms with van der Waals surface area (Å²) < 4.78 is 0. The first kappa shape index (κ1) is 44.6. The van der Waals surface area contributed by atoms with Gasteiger partial charge in [-0.3, -0.25) is 9.80 Å². The molecule has 13 nitrogen and oxygen atoms in total. The van der Waals surface area contributed by atoms with Gasteiger partial charge in [-0.05, 0) is 56.4 Å². The first-order valence-electron chi connectivity index (χ1n) is 16.8. The number of rotatable bonds is 33. The Morgan fingerprint density at radius 2 is 0.535 bits per heavy atom. The molecule has 0 aromatic heterocycles. The van der Waals surface area contributed by atoms with Gasteiger partial charge in [0.2, 0.25) is 0 Å². The van der Waals surface area contributed by atoms with Crippen LogP contribution in [0.25, 0.3) is 0 Å². The summed E-state index contributed by atoms with van der Waals surface area (Å²) in [5.41, 5.74) is 0. The van der Waals surface area contributed by atoms with Gasteiger partial charge >= 0.3 is 0 Å². The summed E-state index contributed by atoms with van der Waals surface area (Å²) in [5, 5.41) is 29.8. The molecule has 0 aliphatic heterocycles. The van der Waals surface area contributed by atoms with E-state index < -0.39 is 0 Å². The molecule has 0 rings (SSSR count). The predicted molar refractivity (Wildman–Crippen MR) is 190 cm³/mol. The minimum atomic E-state index is 1.02. The smallest absolute Gasteiger partial charge is 0.0110 e. The van der Waals surface area contributed by atoms with Crippen LogP contribution in [-0.2, 0) is 0 Å². The van der Waals surface area contributed by atoms with Crippen LogP contribution in [0.1, 0.15) is 0 Å². The van der Waals surface area contributed by atoms with Gasteiger partial charge < -0.3 is 57.7 Å². The molecule has 0 aromatic carbocycles. The molecule has 0 bridgehead atoms. The topological polar surface area (TPSA) is 121 Å². The maximum atomic E-state index is 3.62. The van der Waals surface area contributed by atoms with Crippen LogP contribution < -0.4 is 47.9 Å². The second-order valence-corrected chi connectivity index (χ2v) is 11.2. The van der Waals surface area contributed by atoms with Crippen LogP contribution in [0.5, 0.6) is 0 Å². The van der Waals surface area contributed by atoms with Crippen LogP contribution in [0.2, 0.25) is 0 Å². The molecule has 0 fully saturated rings. The largest absolute Gasteiger partial charge is 0.318 e.